The summed E-state index contributed by atoms with van der Waals surface area (Å²) in [6.45, 7) is 2.22. The molecule has 1 aliphatic rings. The van der Waals surface area contributed by atoms with E-state index in [1.54, 1.807) is 23.9 Å². The predicted molar refractivity (Wildman–Crippen MR) is 125 cm³/mol. The van der Waals surface area contributed by atoms with Gasteiger partial charge in [0, 0.05) is 22.7 Å². The van der Waals surface area contributed by atoms with Crippen LogP contribution in [0, 0.1) is 0 Å². The van der Waals surface area contributed by atoms with Gasteiger partial charge >= 0.3 is 0 Å². The summed E-state index contributed by atoms with van der Waals surface area (Å²) in [5.41, 5.74) is 5.15. The van der Waals surface area contributed by atoms with E-state index >= 15 is 0 Å². The number of carbonyl (C=O) groups excluding carboxylic acids is 1. The van der Waals surface area contributed by atoms with Crippen LogP contribution in [0.15, 0.2) is 22.9 Å². The van der Waals surface area contributed by atoms with Crippen molar-refractivity contribution in [2.24, 2.45) is 0 Å². The average molecular weight is 456 g/mol. The number of thioether (sulfide) groups is 1. The van der Waals surface area contributed by atoms with Crippen LogP contribution < -0.4 is 5.32 Å². The van der Waals surface area contributed by atoms with Crippen LogP contribution >= 0.6 is 34.4 Å². The zero-order chi connectivity index (χ0) is 20.5. The summed E-state index contributed by atoms with van der Waals surface area (Å²) in [7, 11) is 0. The fraction of sp³-hybridized carbons (Fsp3) is 0.381. The maximum Gasteiger partial charge on any atom is 0.236 e. The van der Waals surface area contributed by atoms with Gasteiger partial charge in [-0.2, -0.15) is 0 Å². The van der Waals surface area contributed by atoms with Crippen LogP contribution in [0.25, 0.3) is 20.4 Å². The lowest BCUT2D eigenvalue weighted by molar-refractivity contribution is -0.113. The summed E-state index contributed by atoms with van der Waals surface area (Å²) in [6.07, 6.45) is 10.1. The van der Waals surface area contributed by atoms with Crippen molar-refractivity contribution in [2.45, 2.75) is 50.5 Å². The molecular formula is C21H21N5OS3. The highest BCUT2D eigenvalue weighted by Gasteiger charge is 2.24. The molecule has 154 valence electrons. The van der Waals surface area contributed by atoms with Crippen molar-refractivity contribution in [2.75, 3.05) is 11.1 Å². The van der Waals surface area contributed by atoms with Crippen LogP contribution in [0.4, 0.5) is 5.13 Å². The molecule has 0 unspecified atom stereocenters. The zero-order valence-electron chi connectivity index (χ0n) is 16.6. The molecule has 0 saturated carbocycles. The molecule has 0 fully saturated rings. The van der Waals surface area contributed by atoms with Gasteiger partial charge in [0.1, 0.15) is 16.2 Å². The molecule has 4 heterocycles. The molecule has 0 aliphatic heterocycles. The lowest BCUT2D eigenvalue weighted by atomic mass is 10.0. The Hall–Kier alpha value is -2.10. The van der Waals surface area contributed by atoms with Crippen LogP contribution in [-0.2, 0) is 24.1 Å². The number of carbonyl (C=O) groups is 1. The van der Waals surface area contributed by atoms with Gasteiger partial charge in [0.15, 0.2) is 5.13 Å². The first kappa shape index (κ1) is 19.8. The standard InChI is InChI=1S/C21H21N5OS3/c1-2-3-7-14-12-5-4-6-13(12)16-17-18(30-19(16)25-14)20(24-11-23-17)29-10-15(27)26-21-22-8-9-28-21/h8-9,11H,2-7,10H2,1H3,(H,22,26,27). The Morgan fingerprint density at radius 1 is 1.23 bits per heavy atom. The Kier molecular flexibility index (Phi) is 5.66. The fourth-order valence-corrected chi connectivity index (χ4v) is 6.58. The summed E-state index contributed by atoms with van der Waals surface area (Å²) in [6, 6.07) is 0. The molecule has 0 saturated heterocycles. The minimum Gasteiger partial charge on any atom is -0.301 e. The maximum atomic E-state index is 12.3. The largest absolute Gasteiger partial charge is 0.301 e. The molecule has 0 spiro atoms. The average Bonchev–Trinajstić information content (AvgIpc) is 3.49. The predicted octanol–water partition coefficient (Wildman–Crippen LogP) is 5.26. The summed E-state index contributed by atoms with van der Waals surface area (Å²) in [5.74, 6) is 0.205. The van der Waals surface area contributed by atoms with Crippen molar-refractivity contribution in [3.63, 3.8) is 0 Å². The number of pyridine rings is 1. The van der Waals surface area contributed by atoms with E-state index in [2.05, 4.69) is 27.2 Å². The summed E-state index contributed by atoms with van der Waals surface area (Å²) in [5, 5.41) is 7.34. The first-order chi connectivity index (χ1) is 14.7. The number of thiazole rings is 1. The van der Waals surface area contributed by atoms with Gasteiger partial charge in [0.2, 0.25) is 5.91 Å². The first-order valence-corrected chi connectivity index (χ1v) is 12.8. The molecule has 4 aromatic rings. The van der Waals surface area contributed by atoms with Crippen LogP contribution in [0.2, 0.25) is 0 Å². The minimum atomic E-state index is -0.0799. The summed E-state index contributed by atoms with van der Waals surface area (Å²) >= 11 is 4.52. The Morgan fingerprint density at radius 2 is 2.13 bits per heavy atom. The van der Waals surface area contributed by atoms with E-state index < -0.39 is 0 Å². The van der Waals surface area contributed by atoms with Crippen LogP contribution in [0.3, 0.4) is 0 Å². The van der Waals surface area contributed by atoms with Crippen molar-refractivity contribution in [3.8, 4) is 0 Å². The highest BCUT2D eigenvalue weighted by molar-refractivity contribution is 8.00. The highest BCUT2D eigenvalue weighted by atomic mass is 32.2. The van der Waals surface area contributed by atoms with Crippen LogP contribution in [0.5, 0.6) is 0 Å². The number of hydrogen-bond acceptors (Lipinski definition) is 8. The van der Waals surface area contributed by atoms with Gasteiger partial charge in [0.25, 0.3) is 0 Å². The number of aromatic nitrogens is 4. The Morgan fingerprint density at radius 3 is 2.97 bits per heavy atom. The number of unbranched alkanes of at least 4 members (excludes halogenated alkanes) is 1. The molecular weight excluding hydrogens is 434 g/mol. The number of nitrogens with one attached hydrogen (secondary N) is 1. The van der Waals surface area contributed by atoms with Crippen molar-refractivity contribution < 1.29 is 4.79 Å². The lowest BCUT2D eigenvalue weighted by Crippen LogP contribution is -2.13. The fourth-order valence-electron chi connectivity index (χ4n) is 3.98. The van der Waals surface area contributed by atoms with E-state index in [4.69, 9.17) is 4.98 Å². The Labute approximate surface area is 186 Å². The van der Waals surface area contributed by atoms with E-state index in [0.29, 0.717) is 5.13 Å². The Bertz CT molecular complexity index is 1220. The maximum absolute atomic E-state index is 12.3. The number of rotatable bonds is 7. The first-order valence-electron chi connectivity index (χ1n) is 10.1. The molecule has 1 aliphatic carbocycles. The number of hydrogen-bond donors (Lipinski definition) is 1. The molecule has 0 aromatic carbocycles. The minimum absolute atomic E-state index is 0.0799. The van der Waals surface area contributed by atoms with Gasteiger partial charge in [-0.05, 0) is 43.2 Å². The number of nitrogens with zero attached hydrogens (tertiary/aromatic N) is 4. The summed E-state index contributed by atoms with van der Waals surface area (Å²) < 4.78 is 1.04. The van der Waals surface area contributed by atoms with Gasteiger partial charge in [0.05, 0.1) is 16.0 Å². The van der Waals surface area contributed by atoms with E-state index in [0.717, 1.165) is 39.3 Å². The topological polar surface area (TPSA) is 80.7 Å². The van der Waals surface area contributed by atoms with Crippen LogP contribution in [0.1, 0.15) is 43.0 Å². The molecule has 30 heavy (non-hydrogen) atoms. The SMILES string of the molecule is CCCCc1nc2sc3c(SCC(=O)Nc4nccs4)ncnc3c2c2c1CCC2. The molecule has 5 rings (SSSR count). The van der Waals surface area contributed by atoms with E-state index in [9.17, 15) is 4.79 Å². The number of aryl methyl sites for hydroxylation is 2. The number of anilines is 1. The molecule has 9 heteroatoms. The van der Waals surface area contributed by atoms with Crippen molar-refractivity contribution in [1.82, 2.24) is 19.9 Å². The van der Waals surface area contributed by atoms with E-state index in [-0.39, 0.29) is 11.7 Å². The van der Waals surface area contributed by atoms with Gasteiger partial charge in [-0.3, -0.25) is 4.79 Å². The monoisotopic (exact) mass is 455 g/mol. The van der Waals surface area contributed by atoms with Crippen molar-refractivity contribution in [1.29, 1.82) is 0 Å². The second-order valence-corrected chi connectivity index (χ2v) is 10.1. The van der Waals surface area contributed by atoms with Crippen LogP contribution in [-0.4, -0.2) is 31.6 Å². The third-order valence-corrected chi connectivity index (χ3v) is 8.20. The molecule has 0 radical (unpaired) electrons. The third-order valence-electron chi connectivity index (χ3n) is 5.31. The van der Waals surface area contributed by atoms with Crippen molar-refractivity contribution in [3.05, 3.63) is 34.7 Å². The third kappa shape index (κ3) is 3.70. The second-order valence-electron chi connectivity index (χ2n) is 7.29. The molecule has 0 bridgehead atoms. The number of fused-ring (bicyclic) bond motifs is 5. The molecule has 1 amide bonds. The molecule has 4 aromatic heterocycles. The summed E-state index contributed by atoms with van der Waals surface area (Å²) in [4.78, 5) is 31.6. The quantitative estimate of drug-likeness (QED) is 0.302. The van der Waals surface area contributed by atoms with Gasteiger partial charge < -0.3 is 5.32 Å². The van der Waals surface area contributed by atoms with E-state index in [1.807, 2.05) is 5.38 Å². The second kappa shape index (κ2) is 8.56. The van der Waals surface area contributed by atoms with Gasteiger partial charge in [-0.15, -0.1) is 22.7 Å². The smallest absolute Gasteiger partial charge is 0.236 e. The zero-order valence-corrected chi connectivity index (χ0v) is 19.1. The number of amides is 1. The molecule has 0 atom stereocenters. The van der Waals surface area contributed by atoms with Gasteiger partial charge in [-0.1, -0.05) is 25.1 Å². The number of thiophene rings is 1. The molecule has 1 N–H and O–H groups in total. The highest BCUT2D eigenvalue weighted by Crippen LogP contribution is 2.42. The van der Waals surface area contributed by atoms with E-state index in [1.165, 1.54) is 64.6 Å². The molecule has 6 nitrogen and oxygen atoms in total. The lowest BCUT2D eigenvalue weighted by Gasteiger charge is -2.08. The Balaban J connectivity index is 1.48. The van der Waals surface area contributed by atoms with Gasteiger partial charge in [-0.25, -0.2) is 19.9 Å². The van der Waals surface area contributed by atoms with Crippen molar-refractivity contribution >= 4 is 65.9 Å². The normalized spacial score (nSPS) is 13.2.